The maximum absolute atomic E-state index is 11.0. The minimum atomic E-state index is -1.11. The van der Waals surface area contributed by atoms with E-state index in [9.17, 15) is 4.79 Å². The Morgan fingerprint density at radius 1 is 1.44 bits per heavy atom. The van der Waals surface area contributed by atoms with Gasteiger partial charge in [0.05, 0.1) is 6.61 Å². The van der Waals surface area contributed by atoms with E-state index in [1.54, 1.807) is 12.1 Å². The molecule has 6 heteroatoms. The molecule has 0 radical (unpaired) electrons. The van der Waals surface area contributed by atoms with E-state index >= 15 is 0 Å². The van der Waals surface area contributed by atoms with E-state index in [0.29, 0.717) is 35.8 Å². The van der Waals surface area contributed by atoms with Crippen molar-refractivity contribution in [1.82, 2.24) is 0 Å². The molecule has 1 aliphatic rings. The second-order valence-corrected chi connectivity index (χ2v) is 3.94. The summed E-state index contributed by atoms with van der Waals surface area (Å²) in [6.45, 7) is 1.19. The maximum Gasteiger partial charge on any atom is 0.325 e. The lowest BCUT2D eigenvalue weighted by Gasteiger charge is -2.22. The number of fused-ring (bicyclic) bond motifs is 1. The molecular weight excluding hydrogens is 238 g/mol. The number of hydrogen-bond acceptors (Lipinski definition) is 5. The fraction of sp³-hybridized carbons (Fsp3) is 0.417. The lowest BCUT2D eigenvalue weighted by atomic mass is 10.00. The van der Waals surface area contributed by atoms with Crippen LogP contribution >= 0.6 is 0 Å². The number of nitrogens with two attached hydrogens (primary N) is 1. The van der Waals surface area contributed by atoms with E-state index in [1.165, 1.54) is 7.11 Å². The number of rotatable bonds is 4. The molecule has 98 valence electrons. The Morgan fingerprint density at radius 2 is 2.06 bits per heavy atom. The van der Waals surface area contributed by atoms with Crippen LogP contribution in [0.4, 0.5) is 0 Å². The number of methoxy groups -OCH3 is 1. The highest BCUT2D eigenvalue weighted by Gasteiger charge is 2.22. The van der Waals surface area contributed by atoms with Crippen molar-refractivity contribution in [3.63, 3.8) is 0 Å². The summed E-state index contributed by atoms with van der Waals surface area (Å²) >= 11 is 0. The molecule has 1 aromatic carbocycles. The zero-order valence-electron chi connectivity index (χ0n) is 10.0. The van der Waals surface area contributed by atoms with Crippen molar-refractivity contribution in [2.45, 2.75) is 12.6 Å². The summed E-state index contributed by atoms with van der Waals surface area (Å²) in [5.74, 6) is 0.0199. The molecule has 1 atom stereocenters. The van der Waals surface area contributed by atoms with Crippen molar-refractivity contribution in [3.8, 4) is 11.5 Å². The molecule has 1 aromatic rings. The van der Waals surface area contributed by atoms with Gasteiger partial charge in [0, 0.05) is 7.11 Å². The molecule has 1 aliphatic heterocycles. The van der Waals surface area contributed by atoms with E-state index < -0.39 is 12.0 Å². The van der Waals surface area contributed by atoms with E-state index in [2.05, 4.69) is 0 Å². The van der Waals surface area contributed by atoms with Crippen molar-refractivity contribution in [3.05, 3.63) is 23.3 Å². The molecule has 0 aromatic heterocycles. The van der Waals surface area contributed by atoms with Crippen LogP contribution in [-0.4, -0.2) is 31.4 Å². The van der Waals surface area contributed by atoms with E-state index in [0.717, 1.165) is 0 Å². The molecule has 0 fully saturated rings. The number of carboxylic acids is 1. The van der Waals surface area contributed by atoms with Gasteiger partial charge in [0.2, 0.25) is 0 Å². The Morgan fingerprint density at radius 3 is 2.61 bits per heavy atom. The first kappa shape index (κ1) is 12.7. The average molecular weight is 253 g/mol. The lowest BCUT2D eigenvalue weighted by molar-refractivity contribution is -0.138. The SMILES string of the molecule is COCc1cc2c(cc1C(N)C(=O)O)OCCO2. The van der Waals surface area contributed by atoms with Crippen LogP contribution in [0.1, 0.15) is 17.2 Å². The number of aliphatic carboxylic acids is 1. The molecule has 0 saturated carbocycles. The number of carboxylic acid groups (broad SMARTS) is 1. The Hall–Kier alpha value is -1.79. The minimum absolute atomic E-state index is 0.271. The van der Waals surface area contributed by atoms with Crippen LogP contribution in [0, 0.1) is 0 Å². The van der Waals surface area contributed by atoms with Crippen LogP contribution < -0.4 is 15.2 Å². The monoisotopic (exact) mass is 253 g/mol. The van der Waals surface area contributed by atoms with Crippen molar-refractivity contribution in [2.75, 3.05) is 20.3 Å². The Balaban J connectivity index is 2.44. The molecule has 3 N–H and O–H groups in total. The van der Waals surface area contributed by atoms with Crippen molar-refractivity contribution in [2.24, 2.45) is 5.73 Å². The summed E-state index contributed by atoms with van der Waals surface area (Å²) in [4.78, 5) is 11.0. The molecule has 0 spiro atoms. The second kappa shape index (κ2) is 5.24. The number of hydrogen-bond donors (Lipinski definition) is 2. The number of carbonyl (C=O) groups is 1. The smallest absolute Gasteiger partial charge is 0.325 e. The maximum atomic E-state index is 11.0. The molecule has 0 bridgehead atoms. The van der Waals surface area contributed by atoms with E-state index in [4.69, 9.17) is 25.1 Å². The summed E-state index contributed by atoms with van der Waals surface area (Å²) in [6.07, 6.45) is 0. The highest BCUT2D eigenvalue weighted by Crippen LogP contribution is 2.35. The molecular formula is C12H15NO5. The molecule has 0 amide bonds. The third-order valence-electron chi connectivity index (χ3n) is 2.70. The average Bonchev–Trinajstić information content (AvgIpc) is 2.37. The van der Waals surface area contributed by atoms with Gasteiger partial charge in [0.1, 0.15) is 19.3 Å². The molecule has 6 nitrogen and oxygen atoms in total. The fourth-order valence-corrected chi connectivity index (χ4v) is 1.85. The molecule has 1 unspecified atom stereocenters. The van der Waals surface area contributed by atoms with E-state index in [-0.39, 0.29) is 6.61 Å². The molecule has 18 heavy (non-hydrogen) atoms. The zero-order valence-corrected chi connectivity index (χ0v) is 10.0. The molecule has 2 rings (SSSR count). The normalized spacial score (nSPS) is 15.2. The van der Waals surface area contributed by atoms with Gasteiger partial charge in [-0.25, -0.2) is 0 Å². The highest BCUT2D eigenvalue weighted by atomic mass is 16.6. The molecule has 0 saturated heterocycles. The highest BCUT2D eigenvalue weighted by molar-refractivity contribution is 5.76. The van der Waals surface area contributed by atoms with Gasteiger partial charge in [-0.1, -0.05) is 0 Å². The van der Waals surface area contributed by atoms with Gasteiger partial charge in [0.15, 0.2) is 11.5 Å². The predicted molar refractivity (Wildman–Crippen MR) is 62.7 cm³/mol. The molecule has 1 heterocycles. The van der Waals surface area contributed by atoms with Gasteiger partial charge >= 0.3 is 5.97 Å². The summed E-state index contributed by atoms with van der Waals surface area (Å²) < 4.78 is 15.9. The van der Waals surface area contributed by atoms with Crippen LogP contribution in [0.3, 0.4) is 0 Å². The van der Waals surface area contributed by atoms with E-state index in [1.807, 2.05) is 0 Å². The van der Waals surface area contributed by atoms with Crippen LogP contribution in [0.25, 0.3) is 0 Å². The summed E-state index contributed by atoms with van der Waals surface area (Å²) in [6, 6.07) is 2.23. The number of ether oxygens (including phenoxy) is 3. The van der Waals surface area contributed by atoms with Gasteiger partial charge in [0.25, 0.3) is 0 Å². The quantitative estimate of drug-likeness (QED) is 0.820. The molecule has 0 aliphatic carbocycles. The Labute approximate surface area is 104 Å². The van der Waals surface area contributed by atoms with Gasteiger partial charge in [-0.3, -0.25) is 4.79 Å². The lowest BCUT2D eigenvalue weighted by Crippen LogP contribution is -2.23. The first-order chi connectivity index (χ1) is 8.63. The first-order valence-electron chi connectivity index (χ1n) is 5.53. The van der Waals surface area contributed by atoms with Crippen LogP contribution in [-0.2, 0) is 16.1 Å². The summed E-state index contributed by atoms with van der Waals surface area (Å²) in [5, 5.41) is 8.99. The summed E-state index contributed by atoms with van der Waals surface area (Å²) in [5.41, 5.74) is 6.82. The third kappa shape index (κ3) is 2.39. The minimum Gasteiger partial charge on any atom is -0.486 e. The fourth-order valence-electron chi connectivity index (χ4n) is 1.85. The van der Waals surface area contributed by atoms with Gasteiger partial charge < -0.3 is 25.1 Å². The third-order valence-corrected chi connectivity index (χ3v) is 2.70. The standard InChI is InChI=1S/C12H15NO5/c1-16-6-7-4-9-10(18-3-2-17-9)5-8(7)11(13)12(14)15/h4-5,11H,2-3,6,13H2,1H3,(H,14,15). The van der Waals surface area contributed by atoms with Crippen molar-refractivity contribution < 1.29 is 24.1 Å². The number of benzene rings is 1. The van der Waals surface area contributed by atoms with Crippen LogP contribution in [0.2, 0.25) is 0 Å². The van der Waals surface area contributed by atoms with Crippen LogP contribution in [0.15, 0.2) is 12.1 Å². The van der Waals surface area contributed by atoms with Crippen molar-refractivity contribution in [1.29, 1.82) is 0 Å². The van der Waals surface area contributed by atoms with Crippen LogP contribution in [0.5, 0.6) is 11.5 Å². The topological polar surface area (TPSA) is 91.0 Å². The predicted octanol–water partition coefficient (Wildman–Crippen LogP) is 0.689. The van der Waals surface area contributed by atoms with Gasteiger partial charge in [-0.05, 0) is 23.3 Å². The summed E-state index contributed by atoms with van der Waals surface area (Å²) in [7, 11) is 1.53. The first-order valence-corrected chi connectivity index (χ1v) is 5.53. The zero-order chi connectivity index (χ0) is 13.1. The second-order valence-electron chi connectivity index (χ2n) is 3.94. The van der Waals surface area contributed by atoms with Crippen molar-refractivity contribution >= 4 is 5.97 Å². The largest absolute Gasteiger partial charge is 0.486 e. The van der Waals surface area contributed by atoms with Gasteiger partial charge in [-0.2, -0.15) is 0 Å². The van der Waals surface area contributed by atoms with Gasteiger partial charge in [-0.15, -0.1) is 0 Å². The Bertz CT molecular complexity index is 460. The Kier molecular flexibility index (Phi) is 3.69.